The number of ketones is 1. The second-order valence-corrected chi connectivity index (χ2v) is 7.91. The van der Waals surface area contributed by atoms with E-state index >= 15 is 0 Å². The van der Waals surface area contributed by atoms with Crippen molar-refractivity contribution in [2.75, 3.05) is 13.6 Å². The lowest BCUT2D eigenvalue weighted by Crippen LogP contribution is -2.34. The van der Waals surface area contributed by atoms with Gasteiger partial charge in [0.2, 0.25) is 0 Å². The Morgan fingerprint density at radius 3 is 2.67 bits per heavy atom. The highest BCUT2D eigenvalue weighted by atomic mass is 16.2. The van der Waals surface area contributed by atoms with Crippen LogP contribution in [0.2, 0.25) is 0 Å². The molecule has 3 rings (SSSR count). The van der Waals surface area contributed by atoms with Crippen LogP contribution < -0.4 is 0 Å². The van der Waals surface area contributed by atoms with Gasteiger partial charge in [0.25, 0.3) is 5.91 Å². The van der Waals surface area contributed by atoms with Crippen molar-refractivity contribution in [3.8, 4) is 6.07 Å². The van der Waals surface area contributed by atoms with E-state index in [0.717, 1.165) is 17.2 Å². The molecule has 2 aromatic rings. The molecule has 1 aliphatic rings. The second kappa shape index (κ2) is 7.36. The quantitative estimate of drug-likeness (QED) is 0.813. The summed E-state index contributed by atoms with van der Waals surface area (Å²) in [6, 6.07) is 15.7. The van der Waals surface area contributed by atoms with Gasteiger partial charge in [-0.25, -0.2) is 0 Å². The van der Waals surface area contributed by atoms with E-state index in [1.165, 1.54) is 0 Å². The zero-order valence-electron chi connectivity index (χ0n) is 16.0. The fourth-order valence-electron chi connectivity index (χ4n) is 3.84. The zero-order chi connectivity index (χ0) is 19.6. The number of rotatable bonds is 4. The predicted molar refractivity (Wildman–Crippen MR) is 106 cm³/mol. The molecule has 0 saturated heterocycles. The first kappa shape index (κ1) is 18.8. The minimum Gasteiger partial charge on any atom is -0.342 e. The number of Topliss-reactive ketones (excluding diaryl/α,β-unsaturated/α-hetero) is 1. The molecule has 1 atom stereocenters. The number of benzene rings is 2. The normalized spacial score (nSPS) is 18.7. The van der Waals surface area contributed by atoms with Gasteiger partial charge in [-0.05, 0) is 35.6 Å². The average Bonchev–Trinajstić information content (AvgIpc) is 2.67. The van der Waals surface area contributed by atoms with Gasteiger partial charge in [-0.2, -0.15) is 5.26 Å². The Kier molecular flexibility index (Phi) is 5.14. The highest BCUT2D eigenvalue weighted by Gasteiger charge is 2.36. The van der Waals surface area contributed by atoms with Crippen LogP contribution in [0.1, 0.15) is 37.0 Å². The van der Waals surface area contributed by atoms with E-state index in [0.29, 0.717) is 18.5 Å². The van der Waals surface area contributed by atoms with Crippen LogP contribution in [-0.4, -0.2) is 30.2 Å². The van der Waals surface area contributed by atoms with Gasteiger partial charge in [-0.15, -0.1) is 0 Å². The van der Waals surface area contributed by atoms with Gasteiger partial charge in [-0.3, -0.25) is 9.59 Å². The molecule has 4 heteroatoms. The molecule has 0 fully saturated rings. The number of carbonyl (C=O) groups excluding carboxylic acids is 2. The number of hydrogen-bond donors (Lipinski definition) is 0. The number of hydrogen-bond acceptors (Lipinski definition) is 3. The summed E-state index contributed by atoms with van der Waals surface area (Å²) in [5, 5.41) is 11.2. The third-order valence-corrected chi connectivity index (χ3v) is 5.36. The van der Waals surface area contributed by atoms with Crippen LogP contribution in [0.15, 0.2) is 54.1 Å². The van der Waals surface area contributed by atoms with Crippen LogP contribution >= 0.6 is 0 Å². The molecule has 0 aromatic heterocycles. The summed E-state index contributed by atoms with van der Waals surface area (Å²) >= 11 is 0. The van der Waals surface area contributed by atoms with Gasteiger partial charge in [0, 0.05) is 24.6 Å². The van der Waals surface area contributed by atoms with Gasteiger partial charge in [-0.1, -0.05) is 56.3 Å². The van der Waals surface area contributed by atoms with Gasteiger partial charge >= 0.3 is 0 Å². The van der Waals surface area contributed by atoms with Crippen LogP contribution in [0.5, 0.6) is 0 Å². The minimum absolute atomic E-state index is 0.0116. The van der Waals surface area contributed by atoms with E-state index in [1.807, 2.05) is 62.4 Å². The molecule has 2 aromatic carbocycles. The standard InChI is InChI=1S/C23H24N2O2/c1-23(2)14-16(13-18(15-24)21(23)26)11-12-25(3)22(27)20-10-6-8-17-7-4-5-9-19(17)20/h4-10,13,16H,11-12,14H2,1-3H3. The van der Waals surface area contributed by atoms with Crippen molar-refractivity contribution in [3.63, 3.8) is 0 Å². The maximum atomic E-state index is 12.9. The monoisotopic (exact) mass is 360 g/mol. The predicted octanol–water partition coefficient (Wildman–Crippen LogP) is 4.37. The summed E-state index contributed by atoms with van der Waals surface area (Å²) < 4.78 is 0. The summed E-state index contributed by atoms with van der Waals surface area (Å²) in [4.78, 5) is 26.9. The van der Waals surface area contributed by atoms with E-state index in [4.69, 9.17) is 0 Å². The molecular formula is C23H24N2O2. The Balaban J connectivity index is 1.73. The molecule has 1 aliphatic carbocycles. The van der Waals surface area contributed by atoms with Crippen molar-refractivity contribution in [3.05, 3.63) is 59.7 Å². The molecule has 0 N–H and O–H groups in total. The van der Waals surface area contributed by atoms with Crippen molar-refractivity contribution >= 4 is 22.5 Å². The number of nitrogens with zero attached hydrogens (tertiary/aromatic N) is 2. The first-order chi connectivity index (χ1) is 12.8. The van der Waals surface area contributed by atoms with E-state index < -0.39 is 5.41 Å². The van der Waals surface area contributed by atoms with Gasteiger partial charge in [0.15, 0.2) is 5.78 Å². The number of carbonyl (C=O) groups is 2. The van der Waals surface area contributed by atoms with Gasteiger partial charge in [0.05, 0.1) is 5.57 Å². The minimum atomic E-state index is -0.525. The van der Waals surface area contributed by atoms with E-state index in [2.05, 4.69) is 0 Å². The molecule has 0 aliphatic heterocycles. The Morgan fingerprint density at radius 2 is 1.93 bits per heavy atom. The Bertz CT molecular complexity index is 960. The van der Waals surface area contributed by atoms with E-state index in [1.54, 1.807) is 18.0 Å². The lowest BCUT2D eigenvalue weighted by atomic mass is 9.71. The summed E-state index contributed by atoms with van der Waals surface area (Å²) in [5.41, 5.74) is 0.421. The molecule has 0 radical (unpaired) electrons. The first-order valence-electron chi connectivity index (χ1n) is 9.23. The number of nitriles is 1. The molecule has 138 valence electrons. The topological polar surface area (TPSA) is 61.2 Å². The largest absolute Gasteiger partial charge is 0.342 e. The SMILES string of the molecule is CN(CCC1C=C(C#N)C(=O)C(C)(C)C1)C(=O)c1cccc2ccccc12. The molecule has 0 saturated carbocycles. The Hall–Kier alpha value is -2.93. The van der Waals surface area contributed by atoms with E-state index in [-0.39, 0.29) is 23.2 Å². The van der Waals surface area contributed by atoms with Crippen molar-refractivity contribution in [2.45, 2.75) is 26.7 Å². The van der Waals surface area contributed by atoms with Gasteiger partial charge in [0.1, 0.15) is 6.07 Å². The molecule has 0 bridgehead atoms. The van der Waals surface area contributed by atoms with Crippen molar-refractivity contribution in [1.29, 1.82) is 5.26 Å². The van der Waals surface area contributed by atoms with Crippen LogP contribution in [0.4, 0.5) is 0 Å². The maximum absolute atomic E-state index is 12.9. The highest BCUT2D eigenvalue weighted by molar-refractivity contribution is 6.07. The second-order valence-electron chi connectivity index (χ2n) is 7.91. The number of allylic oxidation sites excluding steroid dienone is 2. The first-order valence-corrected chi connectivity index (χ1v) is 9.23. The van der Waals surface area contributed by atoms with Crippen LogP contribution in [0.25, 0.3) is 10.8 Å². The lowest BCUT2D eigenvalue weighted by Gasteiger charge is -2.32. The summed E-state index contributed by atoms with van der Waals surface area (Å²) in [7, 11) is 1.80. The smallest absolute Gasteiger partial charge is 0.254 e. The lowest BCUT2D eigenvalue weighted by molar-refractivity contribution is -0.124. The summed E-state index contributed by atoms with van der Waals surface area (Å²) in [5.74, 6) is 0.0268. The van der Waals surface area contributed by atoms with Crippen LogP contribution in [0, 0.1) is 22.7 Å². The Labute approximate surface area is 160 Å². The molecule has 4 nitrogen and oxygen atoms in total. The molecular weight excluding hydrogens is 336 g/mol. The van der Waals surface area contributed by atoms with E-state index in [9.17, 15) is 14.9 Å². The van der Waals surface area contributed by atoms with Crippen LogP contribution in [-0.2, 0) is 4.79 Å². The zero-order valence-corrected chi connectivity index (χ0v) is 16.0. The third kappa shape index (κ3) is 3.78. The molecule has 1 amide bonds. The summed E-state index contributed by atoms with van der Waals surface area (Å²) in [6.07, 6.45) is 3.21. The molecule has 0 heterocycles. The Morgan fingerprint density at radius 1 is 1.22 bits per heavy atom. The third-order valence-electron chi connectivity index (χ3n) is 5.36. The molecule has 0 spiro atoms. The molecule has 1 unspecified atom stereocenters. The highest BCUT2D eigenvalue weighted by Crippen LogP contribution is 2.36. The maximum Gasteiger partial charge on any atom is 0.254 e. The van der Waals surface area contributed by atoms with Crippen LogP contribution in [0.3, 0.4) is 0 Å². The fraction of sp³-hybridized carbons (Fsp3) is 0.348. The summed E-state index contributed by atoms with van der Waals surface area (Å²) in [6.45, 7) is 4.35. The van der Waals surface area contributed by atoms with Crippen molar-refractivity contribution in [1.82, 2.24) is 4.90 Å². The fourth-order valence-corrected chi connectivity index (χ4v) is 3.84. The average molecular weight is 360 g/mol. The number of fused-ring (bicyclic) bond motifs is 1. The van der Waals surface area contributed by atoms with Gasteiger partial charge < -0.3 is 4.90 Å². The molecule has 27 heavy (non-hydrogen) atoms. The van der Waals surface area contributed by atoms with Crippen molar-refractivity contribution in [2.24, 2.45) is 11.3 Å². The van der Waals surface area contributed by atoms with Crippen molar-refractivity contribution < 1.29 is 9.59 Å². The number of amides is 1.